The Morgan fingerprint density at radius 1 is 1.19 bits per heavy atom. The van der Waals surface area contributed by atoms with Crippen molar-refractivity contribution < 1.29 is 4.92 Å². The summed E-state index contributed by atoms with van der Waals surface area (Å²) >= 11 is 12.3. The molecule has 0 fully saturated rings. The third-order valence-corrected chi connectivity index (χ3v) is 4.68. The number of pyridine rings is 1. The molecule has 0 unspecified atom stereocenters. The van der Waals surface area contributed by atoms with E-state index in [1.807, 2.05) is 6.07 Å². The molecular formula is C19H12Cl2N4O2. The van der Waals surface area contributed by atoms with Crippen molar-refractivity contribution in [2.24, 2.45) is 0 Å². The van der Waals surface area contributed by atoms with E-state index in [4.69, 9.17) is 28.9 Å². The molecular weight excluding hydrogens is 387 g/mol. The van der Waals surface area contributed by atoms with Crippen molar-refractivity contribution in [3.8, 4) is 28.5 Å². The zero-order valence-corrected chi connectivity index (χ0v) is 15.5. The van der Waals surface area contributed by atoms with E-state index in [1.165, 1.54) is 6.07 Å². The molecule has 0 amide bonds. The topological polar surface area (TPSA) is 106 Å². The quantitative estimate of drug-likeness (QED) is 0.469. The number of nitrogen functional groups attached to an aromatic ring is 1. The summed E-state index contributed by atoms with van der Waals surface area (Å²) in [7, 11) is 0. The van der Waals surface area contributed by atoms with Gasteiger partial charge in [-0.25, -0.2) is 4.98 Å². The maximum atomic E-state index is 11.5. The molecule has 8 heteroatoms. The predicted octanol–water partition coefficient (Wildman–Crippen LogP) is 5.39. The fourth-order valence-corrected chi connectivity index (χ4v) is 3.43. The second kappa shape index (κ2) is 7.23. The molecule has 3 aromatic rings. The molecule has 0 spiro atoms. The number of nitriles is 1. The van der Waals surface area contributed by atoms with Crippen LogP contribution in [0.2, 0.25) is 10.0 Å². The first-order valence-corrected chi connectivity index (χ1v) is 8.50. The average Bonchev–Trinajstić information content (AvgIpc) is 2.63. The van der Waals surface area contributed by atoms with Crippen LogP contribution in [0.15, 0.2) is 42.5 Å². The Labute approximate surface area is 164 Å². The third kappa shape index (κ3) is 3.31. The van der Waals surface area contributed by atoms with E-state index in [9.17, 15) is 15.4 Å². The van der Waals surface area contributed by atoms with Gasteiger partial charge in [0, 0.05) is 22.2 Å². The van der Waals surface area contributed by atoms with Gasteiger partial charge in [0.25, 0.3) is 5.69 Å². The van der Waals surface area contributed by atoms with Crippen LogP contribution in [-0.4, -0.2) is 9.91 Å². The fourth-order valence-electron chi connectivity index (χ4n) is 2.93. The molecule has 134 valence electrons. The van der Waals surface area contributed by atoms with Gasteiger partial charge in [0.15, 0.2) is 0 Å². The van der Waals surface area contributed by atoms with Crippen LogP contribution in [0.4, 0.5) is 11.5 Å². The van der Waals surface area contributed by atoms with Crippen LogP contribution < -0.4 is 5.73 Å². The van der Waals surface area contributed by atoms with E-state index in [-0.39, 0.29) is 22.6 Å². The largest absolute Gasteiger partial charge is 0.383 e. The minimum Gasteiger partial charge on any atom is -0.383 e. The van der Waals surface area contributed by atoms with Crippen molar-refractivity contribution in [1.29, 1.82) is 5.26 Å². The lowest BCUT2D eigenvalue weighted by Crippen LogP contribution is -2.04. The third-order valence-electron chi connectivity index (χ3n) is 4.14. The highest BCUT2D eigenvalue weighted by Crippen LogP contribution is 2.41. The monoisotopic (exact) mass is 398 g/mol. The molecule has 27 heavy (non-hydrogen) atoms. The maximum Gasteiger partial charge on any atom is 0.277 e. The molecule has 0 bridgehead atoms. The van der Waals surface area contributed by atoms with E-state index in [1.54, 1.807) is 43.3 Å². The average molecular weight is 399 g/mol. The molecule has 2 N–H and O–H groups in total. The first kappa shape index (κ1) is 18.6. The molecule has 0 radical (unpaired) electrons. The summed E-state index contributed by atoms with van der Waals surface area (Å²) in [4.78, 5) is 15.3. The summed E-state index contributed by atoms with van der Waals surface area (Å²) in [6, 6.07) is 13.1. The number of benzene rings is 2. The zero-order chi connectivity index (χ0) is 19.7. The Balaban J connectivity index is 2.41. The van der Waals surface area contributed by atoms with Crippen LogP contribution in [0, 0.1) is 28.4 Å². The van der Waals surface area contributed by atoms with E-state index >= 15 is 0 Å². The molecule has 3 rings (SSSR count). The number of nitro groups is 1. The van der Waals surface area contributed by atoms with Crippen LogP contribution in [0.3, 0.4) is 0 Å². The van der Waals surface area contributed by atoms with Crippen LogP contribution in [0.1, 0.15) is 11.1 Å². The number of rotatable bonds is 3. The summed E-state index contributed by atoms with van der Waals surface area (Å²) < 4.78 is 0. The fraction of sp³-hybridized carbons (Fsp3) is 0.0526. The standard InChI is InChI=1S/C19H12Cl2N4O2/c1-10-17(13-4-2-3-5-16(13)25(26)27)14(9-22)19(23)24-18(10)12-7-6-11(20)8-15(12)21/h2-8H,1H3,(H2,23,24). The van der Waals surface area contributed by atoms with Crippen molar-refractivity contribution >= 4 is 34.7 Å². The number of nitro benzene ring substituents is 1. The molecule has 0 atom stereocenters. The van der Waals surface area contributed by atoms with Gasteiger partial charge in [-0.1, -0.05) is 35.3 Å². The van der Waals surface area contributed by atoms with Gasteiger partial charge in [-0.3, -0.25) is 10.1 Å². The summed E-state index contributed by atoms with van der Waals surface area (Å²) in [5.41, 5.74) is 8.16. The van der Waals surface area contributed by atoms with E-state index in [2.05, 4.69) is 4.98 Å². The second-order valence-corrected chi connectivity index (χ2v) is 6.57. The summed E-state index contributed by atoms with van der Waals surface area (Å²) in [6.45, 7) is 1.72. The summed E-state index contributed by atoms with van der Waals surface area (Å²) in [6.07, 6.45) is 0. The van der Waals surface area contributed by atoms with E-state index in [0.29, 0.717) is 32.4 Å². The van der Waals surface area contributed by atoms with Crippen molar-refractivity contribution in [2.45, 2.75) is 6.92 Å². The number of nitrogens with zero attached hydrogens (tertiary/aromatic N) is 3. The summed E-state index contributed by atoms with van der Waals surface area (Å²) in [5.74, 6) is -0.0303. The molecule has 2 aromatic carbocycles. The Bertz CT molecular complexity index is 1120. The Morgan fingerprint density at radius 3 is 2.52 bits per heavy atom. The van der Waals surface area contributed by atoms with Crippen molar-refractivity contribution in [3.63, 3.8) is 0 Å². The van der Waals surface area contributed by atoms with Gasteiger partial charge >= 0.3 is 0 Å². The lowest BCUT2D eigenvalue weighted by atomic mass is 9.92. The number of halogens is 2. The normalized spacial score (nSPS) is 10.4. The lowest BCUT2D eigenvalue weighted by Gasteiger charge is -2.16. The SMILES string of the molecule is Cc1c(-c2ccc(Cl)cc2Cl)nc(N)c(C#N)c1-c1ccccc1[N+](=O)[O-]. The van der Waals surface area contributed by atoms with Gasteiger partial charge in [-0.2, -0.15) is 5.26 Å². The first-order chi connectivity index (χ1) is 12.8. The molecule has 0 saturated heterocycles. The van der Waals surface area contributed by atoms with Gasteiger partial charge in [-0.15, -0.1) is 0 Å². The smallest absolute Gasteiger partial charge is 0.277 e. The van der Waals surface area contributed by atoms with Crippen molar-refractivity contribution in [3.05, 3.63) is 73.8 Å². The molecule has 0 aliphatic carbocycles. The highest BCUT2D eigenvalue weighted by atomic mass is 35.5. The highest BCUT2D eigenvalue weighted by molar-refractivity contribution is 6.36. The minimum absolute atomic E-state index is 0.0303. The van der Waals surface area contributed by atoms with E-state index < -0.39 is 4.92 Å². The number of anilines is 1. The van der Waals surface area contributed by atoms with Crippen LogP contribution in [0.25, 0.3) is 22.4 Å². The van der Waals surface area contributed by atoms with Gasteiger partial charge in [0.1, 0.15) is 17.5 Å². The first-order valence-electron chi connectivity index (χ1n) is 7.74. The van der Waals surface area contributed by atoms with Gasteiger partial charge in [-0.05, 0) is 36.8 Å². The Morgan fingerprint density at radius 2 is 1.89 bits per heavy atom. The van der Waals surface area contributed by atoms with Gasteiger partial charge < -0.3 is 5.73 Å². The molecule has 1 aromatic heterocycles. The predicted molar refractivity (Wildman–Crippen MR) is 106 cm³/mol. The minimum atomic E-state index is -0.499. The van der Waals surface area contributed by atoms with Crippen molar-refractivity contribution in [1.82, 2.24) is 4.98 Å². The Kier molecular flexibility index (Phi) is 5.00. The van der Waals surface area contributed by atoms with Gasteiger partial charge in [0.2, 0.25) is 0 Å². The number of para-hydroxylation sites is 1. The number of hydrogen-bond acceptors (Lipinski definition) is 5. The molecule has 1 heterocycles. The molecule has 6 nitrogen and oxygen atoms in total. The lowest BCUT2D eigenvalue weighted by molar-refractivity contribution is -0.384. The highest BCUT2D eigenvalue weighted by Gasteiger charge is 2.24. The van der Waals surface area contributed by atoms with E-state index in [0.717, 1.165) is 0 Å². The van der Waals surface area contributed by atoms with Crippen LogP contribution >= 0.6 is 23.2 Å². The van der Waals surface area contributed by atoms with Crippen LogP contribution in [0.5, 0.6) is 0 Å². The maximum absolute atomic E-state index is 11.5. The van der Waals surface area contributed by atoms with Gasteiger partial charge in [0.05, 0.1) is 21.2 Å². The second-order valence-electron chi connectivity index (χ2n) is 5.73. The number of nitrogens with two attached hydrogens (primary N) is 1. The Hall–Kier alpha value is -3.14. The zero-order valence-electron chi connectivity index (χ0n) is 14.0. The number of hydrogen-bond donors (Lipinski definition) is 1. The van der Waals surface area contributed by atoms with Crippen LogP contribution in [-0.2, 0) is 0 Å². The molecule has 0 aliphatic rings. The number of aromatic nitrogens is 1. The molecule has 0 saturated carbocycles. The molecule has 0 aliphatic heterocycles. The van der Waals surface area contributed by atoms with Crippen molar-refractivity contribution in [2.75, 3.05) is 5.73 Å². The summed E-state index contributed by atoms with van der Waals surface area (Å²) in [5, 5.41) is 21.9.